The summed E-state index contributed by atoms with van der Waals surface area (Å²) in [6, 6.07) is 0. The van der Waals surface area contributed by atoms with Gasteiger partial charge in [0, 0.05) is 18.4 Å². The third-order valence-corrected chi connectivity index (χ3v) is 4.81. The summed E-state index contributed by atoms with van der Waals surface area (Å²) in [6.07, 6.45) is 9.02. The first kappa shape index (κ1) is 13.9. The molecule has 1 aliphatic carbocycles. The van der Waals surface area contributed by atoms with Gasteiger partial charge in [-0.1, -0.05) is 40.0 Å². The van der Waals surface area contributed by atoms with E-state index in [1.807, 2.05) is 0 Å². The number of aromatic nitrogens is 2. The normalized spacial score (nSPS) is 24.7. The maximum Gasteiger partial charge on any atom is 0.177 e. The van der Waals surface area contributed by atoms with E-state index in [9.17, 15) is 0 Å². The zero-order valence-electron chi connectivity index (χ0n) is 11.9. The summed E-state index contributed by atoms with van der Waals surface area (Å²) in [7, 11) is 0. The fourth-order valence-corrected chi connectivity index (χ4v) is 3.39. The van der Waals surface area contributed by atoms with Gasteiger partial charge in [0.2, 0.25) is 0 Å². The van der Waals surface area contributed by atoms with E-state index in [-0.39, 0.29) is 0 Å². The van der Waals surface area contributed by atoms with Gasteiger partial charge in [-0.2, -0.15) is 0 Å². The van der Waals surface area contributed by atoms with Crippen LogP contribution in [-0.4, -0.2) is 9.55 Å². The molecule has 1 saturated carbocycles. The van der Waals surface area contributed by atoms with Gasteiger partial charge in [0.25, 0.3) is 0 Å². The van der Waals surface area contributed by atoms with E-state index >= 15 is 0 Å². The number of hydrogen-bond acceptors (Lipinski definition) is 1. The monoisotopic (exact) mass is 266 g/mol. The van der Waals surface area contributed by atoms with E-state index in [2.05, 4.69) is 36.5 Å². The van der Waals surface area contributed by atoms with Crippen LogP contribution in [0.1, 0.15) is 64.5 Å². The zero-order valence-corrected chi connectivity index (χ0v) is 12.7. The summed E-state index contributed by atoms with van der Waals surface area (Å²) < 4.78 is 3.23. The number of imidazole rings is 1. The predicted octanol–water partition coefficient (Wildman–Crippen LogP) is 4.89. The molecule has 0 bridgehead atoms. The minimum absolute atomic E-state index is 0.546. The molecule has 0 aliphatic heterocycles. The van der Waals surface area contributed by atoms with Crippen molar-refractivity contribution in [3.8, 4) is 0 Å². The Hall–Kier alpha value is -0.570. The van der Waals surface area contributed by atoms with Crippen LogP contribution >= 0.6 is 12.2 Å². The van der Waals surface area contributed by atoms with Crippen LogP contribution < -0.4 is 0 Å². The van der Waals surface area contributed by atoms with Crippen molar-refractivity contribution in [2.45, 2.75) is 65.3 Å². The first-order chi connectivity index (χ1) is 8.61. The summed E-state index contributed by atoms with van der Waals surface area (Å²) >= 11 is 5.41. The van der Waals surface area contributed by atoms with Crippen molar-refractivity contribution in [2.75, 3.05) is 0 Å². The van der Waals surface area contributed by atoms with Crippen LogP contribution in [0.4, 0.5) is 0 Å². The molecule has 1 aliphatic rings. The van der Waals surface area contributed by atoms with Crippen molar-refractivity contribution in [1.82, 2.24) is 9.55 Å². The number of nitrogens with zero attached hydrogens (tertiary/aromatic N) is 1. The molecule has 2 nitrogen and oxygen atoms in total. The van der Waals surface area contributed by atoms with Crippen LogP contribution in [0, 0.1) is 16.6 Å². The third-order valence-electron chi connectivity index (χ3n) is 4.48. The summed E-state index contributed by atoms with van der Waals surface area (Å²) in [4.78, 5) is 3.21. The lowest BCUT2D eigenvalue weighted by atomic mass is 9.81. The number of aromatic amines is 1. The first-order valence-electron chi connectivity index (χ1n) is 7.39. The van der Waals surface area contributed by atoms with Crippen LogP contribution in [-0.2, 0) is 6.54 Å². The van der Waals surface area contributed by atoms with E-state index in [4.69, 9.17) is 12.2 Å². The number of H-pyrrole nitrogens is 1. The smallest absolute Gasteiger partial charge is 0.177 e. The highest BCUT2D eigenvalue weighted by atomic mass is 32.1. The molecular formula is C15H26N2S. The minimum atomic E-state index is 0.546. The zero-order chi connectivity index (χ0) is 13.1. The minimum Gasteiger partial charge on any atom is -0.337 e. The predicted molar refractivity (Wildman–Crippen MR) is 79.4 cm³/mol. The topological polar surface area (TPSA) is 20.7 Å². The quantitative estimate of drug-likeness (QED) is 0.770. The van der Waals surface area contributed by atoms with Crippen molar-refractivity contribution in [2.24, 2.45) is 11.8 Å². The largest absolute Gasteiger partial charge is 0.337 e. The Labute approximate surface area is 116 Å². The van der Waals surface area contributed by atoms with Crippen molar-refractivity contribution in [3.05, 3.63) is 16.7 Å². The van der Waals surface area contributed by atoms with E-state index in [0.29, 0.717) is 5.92 Å². The lowest BCUT2D eigenvalue weighted by Gasteiger charge is -2.28. The SMILES string of the molecule is CCC1CCC(Cn2c(C(C)C)c[nH]c2=S)CC1. The van der Waals surface area contributed by atoms with E-state index in [1.54, 1.807) is 0 Å². The molecule has 0 unspecified atom stereocenters. The molecule has 0 spiro atoms. The van der Waals surface area contributed by atoms with Crippen LogP contribution in [0.2, 0.25) is 0 Å². The van der Waals surface area contributed by atoms with Crippen molar-refractivity contribution >= 4 is 12.2 Å². The van der Waals surface area contributed by atoms with Gasteiger partial charge in [-0.25, -0.2) is 0 Å². The number of nitrogens with one attached hydrogen (secondary N) is 1. The Balaban J connectivity index is 2.02. The summed E-state index contributed by atoms with van der Waals surface area (Å²) in [5.74, 6) is 2.35. The Morgan fingerprint density at radius 2 is 1.89 bits per heavy atom. The van der Waals surface area contributed by atoms with E-state index in [0.717, 1.165) is 23.2 Å². The molecule has 0 amide bonds. The Morgan fingerprint density at radius 1 is 1.28 bits per heavy atom. The van der Waals surface area contributed by atoms with Gasteiger partial charge in [0.1, 0.15) is 0 Å². The first-order valence-corrected chi connectivity index (χ1v) is 7.80. The average molecular weight is 266 g/mol. The number of hydrogen-bond donors (Lipinski definition) is 1. The van der Waals surface area contributed by atoms with Crippen molar-refractivity contribution in [3.63, 3.8) is 0 Å². The van der Waals surface area contributed by atoms with Gasteiger partial charge in [0.15, 0.2) is 4.77 Å². The highest BCUT2D eigenvalue weighted by molar-refractivity contribution is 7.71. The Morgan fingerprint density at radius 3 is 2.44 bits per heavy atom. The highest BCUT2D eigenvalue weighted by Crippen LogP contribution is 2.32. The fourth-order valence-electron chi connectivity index (χ4n) is 3.16. The molecule has 1 N–H and O–H groups in total. The molecule has 0 radical (unpaired) electrons. The number of rotatable bonds is 4. The maximum absolute atomic E-state index is 5.41. The van der Waals surface area contributed by atoms with Gasteiger partial charge in [-0.15, -0.1) is 0 Å². The average Bonchev–Trinajstić information content (AvgIpc) is 2.72. The van der Waals surface area contributed by atoms with Crippen molar-refractivity contribution < 1.29 is 0 Å². The molecule has 1 fully saturated rings. The van der Waals surface area contributed by atoms with Crippen LogP contribution in [0.25, 0.3) is 0 Å². The Kier molecular flexibility index (Phi) is 4.66. The van der Waals surface area contributed by atoms with Gasteiger partial charge >= 0.3 is 0 Å². The molecule has 18 heavy (non-hydrogen) atoms. The second-order valence-corrected chi connectivity index (χ2v) is 6.47. The lowest BCUT2D eigenvalue weighted by molar-refractivity contribution is 0.245. The van der Waals surface area contributed by atoms with Gasteiger partial charge < -0.3 is 9.55 Å². The molecule has 102 valence electrons. The summed E-state index contributed by atoms with van der Waals surface area (Å²) in [6.45, 7) is 7.92. The molecule has 0 aromatic carbocycles. The van der Waals surface area contributed by atoms with E-state index < -0.39 is 0 Å². The molecule has 0 atom stereocenters. The van der Waals surface area contributed by atoms with Gasteiger partial charge in [-0.3, -0.25) is 0 Å². The molecule has 1 aromatic rings. The fraction of sp³-hybridized carbons (Fsp3) is 0.800. The molecular weight excluding hydrogens is 240 g/mol. The van der Waals surface area contributed by atoms with Gasteiger partial charge in [-0.05, 0) is 42.8 Å². The molecule has 3 heteroatoms. The molecule has 0 saturated heterocycles. The van der Waals surface area contributed by atoms with Crippen molar-refractivity contribution in [1.29, 1.82) is 0 Å². The van der Waals surface area contributed by atoms with Crippen LogP contribution in [0.5, 0.6) is 0 Å². The molecule has 1 heterocycles. The van der Waals surface area contributed by atoms with Crippen LogP contribution in [0.3, 0.4) is 0 Å². The van der Waals surface area contributed by atoms with Crippen LogP contribution in [0.15, 0.2) is 6.20 Å². The van der Waals surface area contributed by atoms with E-state index in [1.165, 1.54) is 37.8 Å². The molecule has 2 rings (SSSR count). The highest BCUT2D eigenvalue weighted by Gasteiger charge is 2.21. The third kappa shape index (κ3) is 3.05. The second kappa shape index (κ2) is 6.05. The summed E-state index contributed by atoms with van der Waals surface area (Å²) in [5, 5.41) is 0. The molecule has 1 aromatic heterocycles. The maximum atomic E-state index is 5.41. The Bertz CT molecular complexity index is 422. The second-order valence-electron chi connectivity index (χ2n) is 6.08. The summed E-state index contributed by atoms with van der Waals surface area (Å²) in [5.41, 5.74) is 1.36. The standard InChI is InChI=1S/C15H26N2S/c1-4-12-5-7-13(8-6-12)10-17-14(11(2)3)9-16-15(17)18/h9,11-13H,4-8,10H2,1-3H3,(H,16,18). The van der Waals surface area contributed by atoms with Gasteiger partial charge in [0.05, 0.1) is 0 Å². The lowest BCUT2D eigenvalue weighted by Crippen LogP contribution is -2.20.